The molecule has 0 bridgehead atoms. The van der Waals surface area contributed by atoms with Crippen LogP contribution in [0.2, 0.25) is 0 Å². The van der Waals surface area contributed by atoms with Gasteiger partial charge >= 0.3 is 0 Å². The number of fused-ring (bicyclic) bond motifs is 1. The Balaban J connectivity index is 1.85. The van der Waals surface area contributed by atoms with Crippen molar-refractivity contribution >= 4 is 23.0 Å². The van der Waals surface area contributed by atoms with E-state index in [0.717, 1.165) is 11.5 Å². The van der Waals surface area contributed by atoms with Gasteiger partial charge in [0.25, 0.3) is 0 Å². The molecule has 3 aromatic rings. The summed E-state index contributed by atoms with van der Waals surface area (Å²) in [5.41, 5.74) is 8.88. The first-order valence-electron chi connectivity index (χ1n) is 10.1. The van der Waals surface area contributed by atoms with Crippen LogP contribution in [0, 0.1) is 0 Å². The molecule has 1 N–H and O–H groups in total. The van der Waals surface area contributed by atoms with E-state index in [2.05, 4.69) is 105 Å². The minimum Gasteiger partial charge on any atom is -0.376 e. The van der Waals surface area contributed by atoms with Crippen molar-refractivity contribution in [3.8, 4) is 22.3 Å². The van der Waals surface area contributed by atoms with Gasteiger partial charge in [-0.25, -0.2) is 0 Å². The van der Waals surface area contributed by atoms with Crippen molar-refractivity contribution in [3.05, 3.63) is 97.1 Å². The van der Waals surface area contributed by atoms with Gasteiger partial charge in [-0.2, -0.15) is 11.8 Å². The Morgan fingerprint density at radius 3 is 2.24 bits per heavy atom. The molecule has 0 radical (unpaired) electrons. The molecule has 2 heteroatoms. The zero-order chi connectivity index (χ0) is 20.3. The van der Waals surface area contributed by atoms with Crippen molar-refractivity contribution < 1.29 is 0 Å². The molecule has 146 valence electrons. The number of thioether (sulfide) groups is 1. The maximum absolute atomic E-state index is 3.86. The largest absolute Gasteiger partial charge is 0.376 e. The Morgan fingerprint density at radius 2 is 1.48 bits per heavy atom. The molecule has 0 aromatic heterocycles. The van der Waals surface area contributed by atoms with Crippen LogP contribution in [0.1, 0.15) is 19.4 Å². The molecule has 0 spiro atoms. The molecule has 1 aliphatic rings. The number of nitrogens with one attached hydrogen (secondary N) is 1. The molecule has 1 nitrogen and oxygen atoms in total. The third kappa shape index (κ3) is 4.18. The zero-order valence-corrected chi connectivity index (χ0v) is 17.9. The topological polar surface area (TPSA) is 12.0 Å². The molecule has 4 rings (SSSR count). The van der Waals surface area contributed by atoms with Gasteiger partial charge in [0.1, 0.15) is 0 Å². The summed E-state index contributed by atoms with van der Waals surface area (Å²) < 4.78 is 0. The fourth-order valence-electron chi connectivity index (χ4n) is 4.01. The average Bonchev–Trinajstić information content (AvgIpc) is 2.73. The second-order valence-electron chi connectivity index (χ2n) is 7.96. The van der Waals surface area contributed by atoms with Crippen molar-refractivity contribution in [2.24, 2.45) is 0 Å². The maximum Gasteiger partial charge on any atom is 0.0506 e. The van der Waals surface area contributed by atoms with E-state index in [4.69, 9.17) is 0 Å². The first kappa shape index (κ1) is 19.6. The van der Waals surface area contributed by atoms with Crippen molar-refractivity contribution in [1.82, 2.24) is 0 Å². The quantitative estimate of drug-likeness (QED) is 0.341. The van der Waals surface area contributed by atoms with E-state index in [-0.39, 0.29) is 5.54 Å². The smallest absolute Gasteiger partial charge is 0.0506 e. The molecule has 0 fully saturated rings. The molecule has 29 heavy (non-hydrogen) atoms. The number of benzene rings is 3. The lowest BCUT2D eigenvalue weighted by Crippen LogP contribution is -2.32. The van der Waals surface area contributed by atoms with Gasteiger partial charge in [-0.05, 0) is 36.1 Å². The van der Waals surface area contributed by atoms with E-state index in [1.165, 1.54) is 39.1 Å². The first-order valence-corrected chi connectivity index (χ1v) is 11.2. The molecule has 0 saturated carbocycles. The summed E-state index contributed by atoms with van der Waals surface area (Å²) in [4.78, 5) is 0. The lowest BCUT2D eigenvalue weighted by atomic mass is 9.86. The van der Waals surface area contributed by atoms with E-state index in [1.54, 1.807) is 0 Å². The van der Waals surface area contributed by atoms with E-state index in [9.17, 15) is 0 Å². The van der Waals surface area contributed by atoms with Gasteiger partial charge < -0.3 is 5.32 Å². The van der Waals surface area contributed by atoms with E-state index in [1.807, 2.05) is 17.8 Å². The molecule has 0 aliphatic carbocycles. The van der Waals surface area contributed by atoms with Gasteiger partial charge in [-0.1, -0.05) is 84.9 Å². The Hall–Kier alpha value is -2.71. The van der Waals surface area contributed by atoms with Gasteiger partial charge in [0.2, 0.25) is 0 Å². The summed E-state index contributed by atoms with van der Waals surface area (Å²) in [5.74, 6) is 1.96. The molecule has 1 heterocycles. The second kappa shape index (κ2) is 8.34. The van der Waals surface area contributed by atoms with Crippen LogP contribution in [-0.2, 0) is 0 Å². The van der Waals surface area contributed by atoms with E-state index in [0.29, 0.717) is 0 Å². The average molecular weight is 398 g/mol. The number of hydrogen-bond donors (Lipinski definition) is 1. The fraction of sp³-hybridized carbons (Fsp3) is 0.185. The van der Waals surface area contributed by atoms with Gasteiger partial charge in [0, 0.05) is 22.6 Å². The fourth-order valence-corrected chi connectivity index (χ4v) is 4.75. The summed E-state index contributed by atoms with van der Waals surface area (Å²) in [6, 6.07) is 26.0. The molecule has 0 amide bonds. The highest BCUT2D eigenvalue weighted by molar-refractivity contribution is 7.99. The summed E-state index contributed by atoms with van der Waals surface area (Å²) in [6.07, 6.45) is 4.35. The predicted octanol–water partition coefficient (Wildman–Crippen LogP) is 7.53. The van der Waals surface area contributed by atoms with Gasteiger partial charge in [0.15, 0.2) is 0 Å². The molecule has 3 aromatic carbocycles. The predicted molar refractivity (Wildman–Crippen MR) is 131 cm³/mol. The van der Waals surface area contributed by atoms with Crippen molar-refractivity contribution in [2.45, 2.75) is 19.4 Å². The summed E-state index contributed by atoms with van der Waals surface area (Å²) in [7, 11) is 0. The van der Waals surface area contributed by atoms with Crippen LogP contribution in [0.5, 0.6) is 0 Å². The van der Waals surface area contributed by atoms with Crippen molar-refractivity contribution in [1.29, 1.82) is 0 Å². The summed E-state index contributed by atoms with van der Waals surface area (Å²) >= 11 is 1.91. The Labute approximate surface area is 178 Å². The second-order valence-corrected chi connectivity index (χ2v) is 8.99. The Bertz CT molecular complexity index is 1050. The molecule has 1 aliphatic heterocycles. The normalized spacial score (nSPS) is 14.5. The third-order valence-electron chi connectivity index (χ3n) is 5.19. The number of rotatable bonds is 6. The third-order valence-corrected chi connectivity index (χ3v) is 6.17. The maximum atomic E-state index is 3.86. The summed E-state index contributed by atoms with van der Waals surface area (Å²) in [6.45, 7) is 8.34. The molecule has 0 atom stereocenters. The number of anilines is 1. The molecular weight excluding hydrogens is 370 g/mol. The minimum absolute atomic E-state index is 0.0884. The van der Waals surface area contributed by atoms with Crippen LogP contribution in [0.3, 0.4) is 0 Å². The SMILES string of the molecule is C=CCSCC1=CC(C)(C)Nc2c1cccc2-c1ccccc1-c1ccccc1. The van der Waals surface area contributed by atoms with Gasteiger partial charge in [-0.15, -0.1) is 6.58 Å². The van der Waals surface area contributed by atoms with E-state index < -0.39 is 0 Å². The molecular formula is C27H27NS. The number of para-hydroxylation sites is 1. The highest BCUT2D eigenvalue weighted by Crippen LogP contribution is 2.43. The van der Waals surface area contributed by atoms with Gasteiger partial charge in [-0.3, -0.25) is 0 Å². The van der Waals surface area contributed by atoms with Crippen molar-refractivity contribution in [3.63, 3.8) is 0 Å². The van der Waals surface area contributed by atoms with E-state index >= 15 is 0 Å². The molecule has 0 saturated heterocycles. The van der Waals surface area contributed by atoms with Crippen LogP contribution in [0.25, 0.3) is 27.8 Å². The standard InChI is InChI=1S/C27H27NS/c1-4-17-29-19-21-18-27(2,3)28-26-23(21)15-10-16-25(26)24-14-9-8-13-22(24)20-11-6-5-7-12-20/h4-16,18,28H,1,17,19H2,2-3H3. The molecule has 0 unspecified atom stereocenters. The van der Waals surface area contributed by atoms with Gasteiger partial charge in [0.05, 0.1) is 11.2 Å². The summed E-state index contributed by atoms with van der Waals surface area (Å²) in [5, 5.41) is 3.80. The highest BCUT2D eigenvalue weighted by atomic mass is 32.2. The minimum atomic E-state index is -0.0884. The Kier molecular flexibility index (Phi) is 5.64. The van der Waals surface area contributed by atoms with Crippen molar-refractivity contribution in [2.75, 3.05) is 16.8 Å². The first-order chi connectivity index (χ1) is 14.1. The lowest BCUT2D eigenvalue weighted by molar-refractivity contribution is 0.708. The zero-order valence-electron chi connectivity index (χ0n) is 17.1. The monoisotopic (exact) mass is 397 g/mol. The van der Waals surface area contributed by atoms with Crippen LogP contribution < -0.4 is 5.32 Å². The lowest BCUT2D eigenvalue weighted by Gasteiger charge is -2.34. The Morgan fingerprint density at radius 1 is 0.828 bits per heavy atom. The van der Waals surface area contributed by atoms with Crippen LogP contribution >= 0.6 is 11.8 Å². The van der Waals surface area contributed by atoms with Crippen LogP contribution in [0.4, 0.5) is 5.69 Å². The number of hydrogen-bond acceptors (Lipinski definition) is 2. The van der Waals surface area contributed by atoms with Crippen LogP contribution in [0.15, 0.2) is 91.5 Å². The van der Waals surface area contributed by atoms with Crippen LogP contribution in [-0.4, -0.2) is 17.0 Å². The highest BCUT2D eigenvalue weighted by Gasteiger charge is 2.26.